The molecule has 1 rings (SSSR count). The van der Waals surface area contributed by atoms with Crippen molar-refractivity contribution < 1.29 is 4.90 Å². The molecular weight excluding hydrogens is 122 g/mol. The van der Waals surface area contributed by atoms with Gasteiger partial charge in [-0.1, -0.05) is 13.3 Å². The maximum Gasteiger partial charge on any atom is 0.0770 e. The lowest BCUT2D eigenvalue weighted by atomic mass is 10.1. The Morgan fingerprint density at radius 3 is 2.40 bits per heavy atom. The molecule has 1 N–H and O–H groups in total. The lowest BCUT2D eigenvalue weighted by molar-refractivity contribution is -0.905. The van der Waals surface area contributed by atoms with Gasteiger partial charge in [-0.2, -0.15) is 0 Å². The van der Waals surface area contributed by atoms with Gasteiger partial charge < -0.3 is 4.90 Å². The van der Waals surface area contributed by atoms with Gasteiger partial charge in [0.05, 0.1) is 19.6 Å². The van der Waals surface area contributed by atoms with Gasteiger partial charge in [-0.05, 0) is 25.7 Å². The van der Waals surface area contributed by atoms with E-state index in [1.807, 2.05) is 4.90 Å². The Morgan fingerprint density at radius 2 is 1.80 bits per heavy atom. The topological polar surface area (TPSA) is 4.44 Å². The Bertz CT molecular complexity index is 74.8. The number of nitrogens with one attached hydrogen (secondary N) is 1. The van der Waals surface area contributed by atoms with Crippen LogP contribution in [0.1, 0.15) is 39.0 Å². The third kappa shape index (κ3) is 2.70. The van der Waals surface area contributed by atoms with Gasteiger partial charge >= 0.3 is 0 Å². The van der Waals surface area contributed by atoms with Crippen LogP contribution in [0.5, 0.6) is 0 Å². The van der Waals surface area contributed by atoms with E-state index >= 15 is 0 Å². The van der Waals surface area contributed by atoms with Gasteiger partial charge in [0, 0.05) is 0 Å². The Hall–Kier alpha value is -0.0400. The SMILES string of the molecule is CCCC[NH+]1CCCCC1. The molecule has 1 aliphatic heterocycles. The zero-order chi connectivity index (χ0) is 7.23. The van der Waals surface area contributed by atoms with Crippen molar-refractivity contribution in [3.63, 3.8) is 0 Å². The third-order valence-electron chi connectivity index (χ3n) is 2.44. The number of hydrogen-bond acceptors (Lipinski definition) is 0. The minimum atomic E-state index is 1.36. The van der Waals surface area contributed by atoms with Crippen LogP contribution in [0, 0.1) is 0 Å². The highest BCUT2D eigenvalue weighted by atomic mass is 15.1. The van der Waals surface area contributed by atoms with Crippen LogP contribution < -0.4 is 4.90 Å². The summed E-state index contributed by atoms with van der Waals surface area (Å²) in [7, 11) is 0. The predicted molar refractivity (Wildman–Crippen MR) is 44.3 cm³/mol. The molecule has 0 radical (unpaired) electrons. The smallest absolute Gasteiger partial charge is 0.0770 e. The molecule has 0 bridgehead atoms. The monoisotopic (exact) mass is 142 g/mol. The van der Waals surface area contributed by atoms with Crippen LogP contribution in [0.3, 0.4) is 0 Å². The lowest BCUT2D eigenvalue weighted by Gasteiger charge is -2.22. The van der Waals surface area contributed by atoms with Crippen molar-refractivity contribution in [2.45, 2.75) is 39.0 Å². The second-order valence-electron chi connectivity index (χ2n) is 3.41. The summed E-state index contributed by atoms with van der Waals surface area (Å²) in [5, 5.41) is 0. The van der Waals surface area contributed by atoms with Crippen LogP contribution in [0.4, 0.5) is 0 Å². The van der Waals surface area contributed by atoms with Crippen LogP contribution >= 0.6 is 0 Å². The molecule has 60 valence electrons. The third-order valence-corrected chi connectivity index (χ3v) is 2.44. The average Bonchev–Trinajstić information content (AvgIpc) is 2.03. The molecular formula is C9H20N+. The first-order chi connectivity index (χ1) is 4.93. The number of quaternary nitrogens is 1. The molecule has 0 unspecified atom stereocenters. The molecule has 10 heavy (non-hydrogen) atoms. The molecule has 1 saturated heterocycles. The molecule has 0 aliphatic carbocycles. The summed E-state index contributed by atoms with van der Waals surface area (Å²) in [6.07, 6.45) is 7.21. The van der Waals surface area contributed by atoms with Gasteiger partial charge in [-0.25, -0.2) is 0 Å². The van der Waals surface area contributed by atoms with E-state index in [-0.39, 0.29) is 0 Å². The summed E-state index contributed by atoms with van der Waals surface area (Å²) >= 11 is 0. The highest BCUT2D eigenvalue weighted by molar-refractivity contribution is 4.45. The largest absolute Gasteiger partial charge is 0.335 e. The molecule has 0 saturated carbocycles. The maximum atomic E-state index is 2.28. The Kier molecular flexibility index (Phi) is 3.81. The summed E-state index contributed by atoms with van der Waals surface area (Å²) in [5.74, 6) is 0. The van der Waals surface area contributed by atoms with Crippen molar-refractivity contribution in [2.24, 2.45) is 0 Å². The summed E-state index contributed by atoms with van der Waals surface area (Å²) in [6, 6.07) is 0. The van der Waals surface area contributed by atoms with E-state index in [0.29, 0.717) is 0 Å². The fraction of sp³-hybridized carbons (Fsp3) is 1.00. The van der Waals surface area contributed by atoms with Gasteiger partial charge in [0.15, 0.2) is 0 Å². The van der Waals surface area contributed by atoms with Crippen LogP contribution in [0.2, 0.25) is 0 Å². The van der Waals surface area contributed by atoms with Crippen molar-refractivity contribution in [3.8, 4) is 0 Å². The molecule has 1 heteroatoms. The van der Waals surface area contributed by atoms with Gasteiger partial charge in [-0.15, -0.1) is 0 Å². The summed E-state index contributed by atoms with van der Waals surface area (Å²) < 4.78 is 0. The molecule has 0 atom stereocenters. The maximum absolute atomic E-state index is 2.28. The number of unbranched alkanes of at least 4 members (excludes halogenated alkanes) is 1. The highest BCUT2D eigenvalue weighted by Gasteiger charge is 2.11. The predicted octanol–water partition coefficient (Wildman–Crippen LogP) is 0.855. The first-order valence-electron chi connectivity index (χ1n) is 4.77. The van der Waals surface area contributed by atoms with E-state index in [4.69, 9.17) is 0 Å². The Balaban J connectivity index is 2.02. The summed E-state index contributed by atoms with van der Waals surface area (Å²) in [4.78, 5) is 1.85. The number of rotatable bonds is 3. The van der Waals surface area contributed by atoms with E-state index < -0.39 is 0 Å². The summed E-state index contributed by atoms with van der Waals surface area (Å²) in [6.45, 7) is 6.60. The van der Waals surface area contributed by atoms with Crippen LogP contribution in [-0.2, 0) is 0 Å². The van der Waals surface area contributed by atoms with E-state index in [0.717, 1.165) is 0 Å². The minimum Gasteiger partial charge on any atom is -0.335 e. The van der Waals surface area contributed by atoms with Gasteiger partial charge in [-0.3, -0.25) is 0 Å². The normalized spacial score (nSPS) is 21.3. The highest BCUT2D eigenvalue weighted by Crippen LogP contribution is 1.94. The molecule has 0 aromatic heterocycles. The molecule has 1 fully saturated rings. The summed E-state index contributed by atoms with van der Waals surface area (Å²) in [5.41, 5.74) is 0. The molecule has 0 amide bonds. The standard InChI is InChI=1S/C9H19N/c1-2-3-7-10-8-5-4-6-9-10/h2-9H2,1H3/p+1. The first-order valence-corrected chi connectivity index (χ1v) is 4.77. The van der Waals surface area contributed by atoms with Gasteiger partial charge in [0.1, 0.15) is 0 Å². The molecule has 0 aromatic carbocycles. The van der Waals surface area contributed by atoms with Crippen LogP contribution in [0.25, 0.3) is 0 Å². The fourth-order valence-corrected chi connectivity index (χ4v) is 1.73. The zero-order valence-electron chi connectivity index (χ0n) is 7.16. The van der Waals surface area contributed by atoms with E-state index in [1.54, 1.807) is 0 Å². The molecule has 0 spiro atoms. The van der Waals surface area contributed by atoms with Gasteiger partial charge in [0.25, 0.3) is 0 Å². The fourth-order valence-electron chi connectivity index (χ4n) is 1.73. The quantitative estimate of drug-likeness (QED) is 0.596. The van der Waals surface area contributed by atoms with Crippen LogP contribution in [-0.4, -0.2) is 19.6 Å². The van der Waals surface area contributed by atoms with Gasteiger partial charge in [0.2, 0.25) is 0 Å². The van der Waals surface area contributed by atoms with E-state index in [1.165, 1.54) is 51.7 Å². The first kappa shape index (κ1) is 8.06. The van der Waals surface area contributed by atoms with Crippen LogP contribution in [0.15, 0.2) is 0 Å². The van der Waals surface area contributed by atoms with Crippen molar-refractivity contribution in [1.82, 2.24) is 0 Å². The second-order valence-corrected chi connectivity index (χ2v) is 3.41. The van der Waals surface area contributed by atoms with Crippen molar-refractivity contribution in [2.75, 3.05) is 19.6 Å². The number of hydrogen-bond donors (Lipinski definition) is 1. The van der Waals surface area contributed by atoms with Crippen molar-refractivity contribution in [3.05, 3.63) is 0 Å². The van der Waals surface area contributed by atoms with E-state index in [2.05, 4.69) is 6.92 Å². The lowest BCUT2D eigenvalue weighted by Crippen LogP contribution is -3.12. The second kappa shape index (κ2) is 4.73. The number of piperidine rings is 1. The molecule has 1 aliphatic rings. The number of likely N-dealkylation sites (tertiary alicyclic amines) is 1. The Morgan fingerprint density at radius 1 is 1.10 bits per heavy atom. The minimum absolute atomic E-state index is 1.36. The van der Waals surface area contributed by atoms with Crippen molar-refractivity contribution >= 4 is 0 Å². The molecule has 0 aromatic rings. The van der Waals surface area contributed by atoms with Crippen molar-refractivity contribution in [1.29, 1.82) is 0 Å². The van der Waals surface area contributed by atoms with E-state index in [9.17, 15) is 0 Å². The average molecular weight is 142 g/mol. The zero-order valence-corrected chi connectivity index (χ0v) is 7.16. The molecule has 1 nitrogen and oxygen atoms in total. The Labute approximate surface area is 64.4 Å². The molecule has 1 heterocycles.